The molecule has 0 saturated carbocycles. The molecule has 21 heavy (non-hydrogen) atoms. The Morgan fingerprint density at radius 1 is 1.10 bits per heavy atom. The maximum Gasteiger partial charge on any atom is 0.413 e. The SMILES string of the molecule is O=C(F)C1Cc2ccc3ccccc3c2C=C1C(F)(F)F. The summed E-state index contributed by atoms with van der Waals surface area (Å²) in [6, 6.07) is 8.50. The van der Waals surface area contributed by atoms with Gasteiger partial charge in [0.1, 0.15) is 0 Å². The maximum absolute atomic E-state index is 13.1. The number of benzene rings is 2. The molecular weight excluding hydrogens is 284 g/mol. The molecule has 2 aromatic rings. The Bertz CT molecular complexity index is 758. The number of alkyl halides is 3. The molecule has 0 N–H and O–H groups in total. The average molecular weight is 294 g/mol. The normalized spacial score (nSPS) is 18.3. The van der Waals surface area contributed by atoms with E-state index in [1.165, 1.54) is 0 Å². The van der Waals surface area contributed by atoms with Crippen molar-refractivity contribution in [3.8, 4) is 0 Å². The van der Waals surface area contributed by atoms with Crippen molar-refractivity contribution in [2.24, 2.45) is 5.92 Å². The van der Waals surface area contributed by atoms with E-state index in [0.29, 0.717) is 16.5 Å². The summed E-state index contributed by atoms with van der Waals surface area (Å²) in [6.07, 6.45) is -4.08. The second-order valence-electron chi connectivity index (χ2n) is 5.02. The first-order valence-corrected chi connectivity index (χ1v) is 6.36. The number of carbonyl (C=O) groups excluding carboxylic acids is 1. The van der Waals surface area contributed by atoms with Crippen LogP contribution in [0.15, 0.2) is 42.0 Å². The van der Waals surface area contributed by atoms with Crippen molar-refractivity contribution < 1.29 is 22.4 Å². The number of allylic oxidation sites excluding steroid dienone is 1. The van der Waals surface area contributed by atoms with Crippen LogP contribution in [0.1, 0.15) is 11.1 Å². The van der Waals surface area contributed by atoms with Gasteiger partial charge in [0, 0.05) is 5.57 Å². The zero-order valence-electron chi connectivity index (χ0n) is 10.7. The van der Waals surface area contributed by atoms with Gasteiger partial charge in [-0.25, -0.2) is 0 Å². The molecule has 0 saturated heterocycles. The molecule has 0 spiro atoms. The van der Waals surface area contributed by atoms with Gasteiger partial charge in [-0.3, -0.25) is 4.79 Å². The van der Waals surface area contributed by atoms with E-state index in [9.17, 15) is 22.4 Å². The highest BCUT2D eigenvalue weighted by Gasteiger charge is 2.44. The number of rotatable bonds is 1. The van der Waals surface area contributed by atoms with E-state index in [-0.39, 0.29) is 6.42 Å². The standard InChI is InChI=1S/C16H10F4O/c17-15(21)13-7-10-6-5-9-3-1-2-4-11(9)12(10)8-14(13)16(18,19)20/h1-6,8,13H,7H2. The van der Waals surface area contributed by atoms with Gasteiger partial charge in [0.05, 0.1) is 5.92 Å². The molecule has 0 aliphatic heterocycles. The summed E-state index contributed by atoms with van der Waals surface area (Å²) in [4.78, 5) is 10.9. The minimum Gasteiger partial charge on any atom is -0.260 e. The number of carbonyl (C=O) groups is 1. The van der Waals surface area contributed by atoms with Crippen molar-refractivity contribution in [1.29, 1.82) is 0 Å². The highest BCUT2D eigenvalue weighted by Crippen LogP contribution is 2.41. The van der Waals surface area contributed by atoms with Gasteiger partial charge in [-0.1, -0.05) is 36.4 Å². The van der Waals surface area contributed by atoms with Crippen molar-refractivity contribution >= 4 is 22.9 Å². The molecule has 108 valence electrons. The smallest absolute Gasteiger partial charge is 0.260 e. The van der Waals surface area contributed by atoms with Crippen LogP contribution < -0.4 is 0 Å². The quantitative estimate of drug-likeness (QED) is 0.561. The third-order valence-electron chi connectivity index (χ3n) is 3.76. The van der Waals surface area contributed by atoms with E-state index in [2.05, 4.69) is 0 Å². The van der Waals surface area contributed by atoms with E-state index >= 15 is 0 Å². The van der Waals surface area contributed by atoms with Crippen LogP contribution in [-0.2, 0) is 11.2 Å². The molecule has 0 amide bonds. The van der Waals surface area contributed by atoms with Crippen LogP contribution >= 0.6 is 0 Å². The number of hydrogen-bond donors (Lipinski definition) is 0. The van der Waals surface area contributed by atoms with Crippen LogP contribution in [0.4, 0.5) is 17.6 Å². The van der Waals surface area contributed by atoms with Crippen LogP contribution in [0.3, 0.4) is 0 Å². The second kappa shape index (κ2) is 4.69. The Labute approximate surface area is 117 Å². The molecule has 2 aromatic carbocycles. The van der Waals surface area contributed by atoms with Crippen LogP contribution in [0.25, 0.3) is 16.8 Å². The summed E-state index contributed by atoms with van der Waals surface area (Å²) in [5, 5.41) is 1.47. The summed E-state index contributed by atoms with van der Waals surface area (Å²) in [6.45, 7) is 0. The molecule has 0 heterocycles. The number of hydrogen-bond acceptors (Lipinski definition) is 1. The number of halogens is 4. The molecule has 5 heteroatoms. The Morgan fingerprint density at radius 2 is 1.81 bits per heavy atom. The minimum absolute atomic E-state index is 0.263. The molecule has 1 unspecified atom stereocenters. The number of fused-ring (bicyclic) bond motifs is 3. The van der Waals surface area contributed by atoms with Crippen LogP contribution in [0.2, 0.25) is 0 Å². The lowest BCUT2D eigenvalue weighted by Gasteiger charge is -2.25. The Morgan fingerprint density at radius 3 is 2.48 bits per heavy atom. The van der Waals surface area contributed by atoms with Crippen molar-refractivity contribution in [2.45, 2.75) is 12.6 Å². The van der Waals surface area contributed by atoms with Gasteiger partial charge in [0.2, 0.25) is 0 Å². The van der Waals surface area contributed by atoms with Crippen LogP contribution in [0, 0.1) is 5.92 Å². The van der Waals surface area contributed by atoms with E-state index in [1.54, 1.807) is 36.4 Å². The summed E-state index contributed by atoms with van der Waals surface area (Å²) in [5.41, 5.74) is -0.144. The van der Waals surface area contributed by atoms with E-state index in [4.69, 9.17) is 0 Å². The third-order valence-corrected chi connectivity index (χ3v) is 3.76. The van der Waals surface area contributed by atoms with Crippen molar-refractivity contribution in [2.75, 3.05) is 0 Å². The zero-order chi connectivity index (χ0) is 15.2. The van der Waals surface area contributed by atoms with Gasteiger partial charge in [-0.05, 0) is 34.4 Å². The molecular formula is C16H10F4O. The molecule has 0 radical (unpaired) electrons. The van der Waals surface area contributed by atoms with Gasteiger partial charge >= 0.3 is 12.2 Å². The summed E-state index contributed by atoms with van der Waals surface area (Å²) in [7, 11) is 0. The molecule has 1 aliphatic carbocycles. The third kappa shape index (κ3) is 2.33. The van der Waals surface area contributed by atoms with Gasteiger partial charge in [-0.2, -0.15) is 17.6 Å². The molecule has 0 aromatic heterocycles. The first-order chi connectivity index (χ1) is 9.88. The van der Waals surface area contributed by atoms with E-state index in [1.807, 2.05) is 0 Å². The van der Waals surface area contributed by atoms with Crippen molar-refractivity contribution in [1.82, 2.24) is 0 Å². The van der Waals surface area contributed by atoms with Crippen molar-refractivity contribution in [3.05, 3.63) is 53.1 Å². The second-order valence-corrected chi connectivity index (χ2v) is 5.02. The predicted molar refractivity (Wildman–Crippen MR) is 71.3 cm³/mol. The van der Waals surface area contributed by atoms with Crippen molar-refractivity contribution in [3.63, 3.8) is 0 Å². The minimum atomic E-state index is -4.72. The molecule has 0 bridgehead atoms. The van der Waals surface area contributed by atoms with Gasteiger partial charge < -0.3 is 0 Å². The fourth-order valence-corrected chi connectivity index (χ4v) is 2.76. The first-order valence-electron chi connectivity index (χ1n) is 6.36. The van der Waals surface area contributed by atoms with Crippen LogP contribution in [0.5, 0.6) is 0 Å². The highest BCUT2D eigenvalue weighted by molar-refractivity contribution is 5.94. The zero-order valence-corrected chi connectivity index (χ0v) is 10.7. The molecule has 3 rings (SSSR count). The molecule has 1 aliphatic rings. The van der Waals surface area contributed by atoms with Gasteiger partial charge in [0.15, 0.2) is 0 Å². The first kappa shape index (κ1) is 13.8. The lowest BCUT2D eigenvalue weighted by atomic mass is 9.81. The van der Waals surface area contributed by atoms with Gasteiger partial charge in [-0.15, -0.1) is 0 Å². The molecule has 1 nitrogen and oxygen atoms in total. The maximum atomic E-state index is 13.1. The summed E-state index contributed by atoms with van der Waals surface area (Å²) < 4.78 is 52.2. The largest absolute Gasteiger partial charge is 0.413 e. The Kier molecular flexibility index (Phi) is 3.08. The van der Waals surface area contributed by atoms with Crippen LogP contribution in [-0.4, -0.2) is 12.2 Å². The fraction of sp³-hybridized carbons (Fsp3) is 0.188. The molecule has 0 fully saturated rings. The lowest BCUT2D eigenvalue weighted by molar-refractivity contribution is -0.138. The predicted octanol–water partition coefficient (Wildman–Crippen LogP) is 4.45. The summed E-state index contributed by atoms with van der Waals surface area (Å²) in [5.74, 6) is -1.77. The monoisotopic (exact) mass is 294 g/mol. The average Bonchev–Trinajstić information content (AvgIpc) is 2.44. The highest BCUT2D eigenvalue weighted by atomic mass is 19.4. The van der Waals surface area contributed by atoms with E-state index < -0.39 is 23.7 Å². The fourth-order valence-electron chi connectivity index (χ4n) is 2.76. The van der Waals surface area contributed by atoms with E-state index in [0.717, 1.165) is 11.5 Å². The van der Waals surface area contributed by atoms with Gasteiger partial charge in [0.25, 0.3) is 0 Å². The lowest BCUT2D eigenvalue weighted by Crippen LogP contribution is -2.28. The summed E-state index contributed by atoms with van der Waals surface area (Å²) >= 11 is 0. The Hall–Kier alpha value is -2.17. The Balaban J connectivity index is 2.27. The molecule has 1 atom stereocenters. The topological polar surface area (TPSA) is 17.1 Å².